The Morgan fingerprint density at radius 2 is 2.38 bits per heavy atom. The van der Waals surface area contributed by atoms with Crippen molar-refractivity contribution in [1.82, 2.24) is 0 Å². The summed E-state index contributed by atoms with van der Waals surface area (Å²) in [6.07, 6.45) is 0.171. The summed E-state index contributed by atoms with van der Waals surface area (Å²) in [4.78, 5) is 2.69. The van der Waals surface area contributed by atoms with Crippen LogP contribution in [0, 0.1) is 6.92 Å². The summed E-state index contributed by atoms with van der Waals surface area (Å²) >= 11 is 4.97. The monoisotopic (exact) mass is 236 g/mol. The van der Waals surface area contributed by atoms with E-state index in [0.717, 1.165) is 18.0 Å². The molecule has 0 aromatic heterocycles. The first-order valence-corrected chi connectivity index (χ1v) is 5.77. The minimum atomic E-state index is 0.171. The van der Waals surface area contributed by atoms with Crippen LogP contribution >= 0.6 is 12.2 Å². The van der Waals surface area contributed by atoms with Crippen LogP contribution in [-0.2, 0) is 0 Å². The number of nitrogens with zero attached hydrogens (tertiary/aromatic N) is 1. The summed E-state index contributed by atoms with van der Waals surface area (Å²) in [6.45, 7) is 5.56. The second-order valence-corrected chi connectivity index (χ2v) is 4.77. The van der Waals surface area contributed by atoms with Crippen LogP contribution in [0.1, 0.15) is 12.5 Å². The summed E-state index contributed by atoms with van der Waals surface area (Å²) < 4.78 is 5.77. The SMILES string of the molecule is Cc1ccc2c(c1)N(CC(N)=S)CC(C)O2. The van der Waals surface area contributed by atoms with Crippen molar-refractivity contribution in [3.8, 4) is 5.75 Å². The lowest BCUT2D eigenvalue weighted by Gasteiger charge is -2.34. The predicted molar refractivity (Wildman–Crippen MR) is 70.3 cm³/mol. The molecule has 2 rings (SSSR count). The zero-order valence-corrected chi connectivity index (χ0v) is 10.4. The molecule has 0 aliphatic carbocycles. The Hall–Kier alpha value is -1.29. The summed E-state index contributed by atoms with van der Waals surface area (Å²) in [7, 11) is 0. The molecule has 1 heterocycles. The van der Waals surface area contributed by atoms with E-state index in [1.807, 2.05) is 6.07 Å². The highest BCUT2D eigenvalue weighted by Gasteiger charge is 2.22. The molecule has 1 aliphatic heterocycles. The van der Waals surface area contributed by atoms with E-state index in [9.17, 15) is 0 Å². The summed E-state index contributed by atoms with van der Waals surface area (Å²) in [6, 6.07) is 6.17. The van der Waals surface area contributed by atoms with Crippen molar-refractivity contribution >= 4 is 22.9 Å². The van der Waals surface area contributed by atoms with Crippen LogP contribution in [0.3, 0.4) is 0 Å². The quantitative estimate of drug-likeness (QED) is 0.796. The highest BCUT2D eigenvalue weighted by atomic mass is 32.1. The lowest BCUT2D eigenvalue weighted by Crippen LogP contribution is -2.42. The average Bonchev–Trinajstić information content (AvgIpc) is 2.18. The van der Waals surface area contributed by atoms with E-state index in [4.69, 9.17) is 22.7 Å². The Kier molecular flexibility index (Phi) is 3.01. The lowest BCUT2D eigenvalue weighted by atomic mass is 10.1. The van der Waals surface area contributed by atoms with Gasteiger partial charge in [0.1, 0.15) is 11.9 Å². The predicted octanol–water partition coefficient (Wildman–Crippen LogP) is 1.87. The Morgan fingerprint density at radius 3 is 3.06 bits per heavy atom. The van der Waals surface area contributed by atoms with Crippen molar-refractivity contribution < 1.29 is 4.74 Å². The Bertz CT molecular complexity index is 419. The molecule has 1 unspecified atom stereocenters. The number of rotatable bonds is 2. The van der Waals surface area contributed by atoms with Crippen molar-refractivity contribution in [2.75, 3.05) is 18.0 Å². The van der Waals surface area contributed by atoms with E-state index in [-0.39, 0.29) is 6.10 Å². The summed E-state index contributed by atoms with van der Waals surface area (Å²) in [5.41, 5.74) is 7.91. The zero-order chi connectivity index (χ0) is 11.7. The maximum atomic E-state index is 5.77. The molecule has 3 nitrogen and oxygen atoms in total. The number of hydrogen-bond donors (Lipinski definition) is 1. The van der Waals surface area contributed by atoms with Gasteiger partial charge in [-0.15, -0.1) is 0 Å². The maximum Gasteiger partial charge on any atom is 0.143 e. The number of aryl methyl sites for hydroxylation is 1. The number of fused-ring (bicyclic) bond motifs is 1. The summed E-state index contributed by atoms with van der Waals surface area (Å²) in [5, 5.41) is 0. The molecule has 0 bridgehead atoms. The van der Waals surface area contributed by atoms with Gasteiger partial charge >= 0.3 is 0 Å². The molecule has 1 aliphatic rings. The smallest absolute Gasteiger partial charge is 0.143 e. The van der Waals surface area contributed by atoms with Crippen LogP contribution < -0.4 is 15.4 Å². The topological polar surface area (TPSA) is 38.5 Å². The minimum Gasteiger partial charge on any atom is -0.487 e. The first kappa shape index (κ1) is 11.2. The molecule has 1 aromatic rings. The molecule has 0 radical (unpaired) electrons. The van der Waals surface area contributed by atoms with Crippen molar-refractivity contribution in [3.05, 3.63) is 23.8 Å². The fourth-order valence-electron chi connectivity index (χ4n) is 1.97. The normalized spacial score (nSPS) is 18.9. The van der Waals surface area contributed by atoms with Crippen LogP contribution in [-0.4, -0.2) is 24.2 Å². The molecular weight excluding hydrogens is 220 g/mol. The number of ether oxygens (including phenoxy) is 1. The van der Waals surface area contributed by atoms with Gasteiger partial charge in [0.2, 0.25) is 0 Å². The van der Waals surface area contributed by atoms with Crippen molar-refractivity contribution in [1.29, 1.82) is 0 Å². The number of thiocarbonyl (C=S) groups is 1. The highest BCUT2D eigenvalue weighted by Crippen LogP contribution is 2.33. The fraction of sp³-hybridized carbons (Fsp3) is 0.417. The Balaban J connectivity index is 2.35. The van der Waals surface area contributed by atoms with Crippen molar-refractivity contribution in [2.24, 2.45) is 5.73 Å². The molecule has 16 heavy (non-hydrogen) atoms. The molecule has 0 saturated carbocycles. The third-order valence-corrected chi connectivity index (χ3v) is 2.74. The van der Waals surface area contributed by atoms with Gasteiger partial charge in [0.15, 0.2) is 0 Å². The average molecular weight is 236 g/mol. The standard InChI is InChI=1S/C12H16N2OS/c1-8-3-4-11-10(5-8)14(7-12(13)16)6-9(2)15-11/h3-5,9H,6-7H2,1-2H3,(H2,13,16). The number of hydrogen-bond acceptors (Lipinski definition) is 3. The van der Waals surface area contributed by atoms with E-state index >= 15 is 0 Å². The van der Waals surface area contributed by atoms with Crippen LogP contribution in [0.25, 0.3) is 0 Å². The van der Waals surface area contributed by atoms with E-state index < -0.39 is 0 Å². The van der Waals surface area contributed by atoms with E-state index in [1.165, 1.54) is 5.56 Å². The van der Waals surface area contributed by atoms with Gasteiger partial charge < -0.3 is 15.4 Å². The molecule has 4 heteroatoms. The van der Waals surface area contributed by atoms with E-state index in [1.54, 1.807) is 0 Å². The van der Waals surface area contributed by atoms with Gasteiger partial charge in [-0.1, -0.05) is 18.3 Å². The van der Waals surface area contributed by atoms with Gasteiger partial charge in [-0.25, -0.2) is 0 Å². The molecular formula is C12H16N2OS. The van der Waals surface area contributed by atoms with Crippen LogP contribution in [0.2, 0.25) is 0 Å². The molecule has 1 atom stereocenters. The van der Waals surface area contributed by atoms with E-state index in [0.29, 0.717) is 11.5 Å². The molecule has 86 valence electrons. The number of anilines is 1. The third kappa shape index (κ3) is 2.27. The lowest BCUT2D eigenvalue weighted by molar-refractivity contribution is 0.214. The highest BCUT2D eigenvalue weighted by molar-refractivity contribution is 7.80. The molecule has 0 fully saturated rings. The minimum absolute atomic E-state index is 0.171. The zero-order valence-electron chi connectivity index (χ0n) is 9.56. The second kappa shape index (κ2) is 4.29. The summed E-state index contributed by atoms with van der Waals surface area (Å²) in [5.74, 6) is 0.917. The van der Waals surface area contributed by atoms with Crippen molar-refractivity contribution in [3.63, 3.8) is 0 Å². The maximum absolute atomic E-state index is 5.77. The van der Waals surface area contributed by atoms with Crippen LogP contribution in [0.5, 0.6) is 5.75 Å². The van der Waals surface area contributed by atoms with Crippen LogP contribution in [0.15, 0.2) is 18.2 Å². The van der Waals surface area contributed by atoms with Gasteiger partial charge in [0.05, 0.1) is 23.8 Å². The van der Waals surface area contributed by atoms with Gasteiger partial charge in [-0.05, 0) is 31.5 Å². The van der Waals surface area contributed by atoms with Gasteiger partial charge in [-0.2, -0.15) is 0 Å². The molecule has 0 spiro atoms. The van der Waals surface area contributed by atoms with Gasteiger partial charge in [0.25, 0.3) is 0 Å². The number of benzene rings is 1. The first-order valence-electron chi connectivity index (χ1n) is 5.37. The second-order valence-electron chi connectivity index (χ2n) is 4.25. The molecule has 0 saturated heterocycles. The van der Waals surface area contributed by atoms with Gasteiger partial charge in [0, 0.05) is 0 Å². The van der Waals surface area contributed by atoms with Crippen LogP contribution in [0.4, 0.5) is 5.69 Å². The van der Waals surface area contributed by atoms with Gasteiger partial charge in [-0.3, -0.25) is 0 Å². The molecule has 1 aromatic carbocycles. The molecule has 2 N–H and O–H groups in total. The largest absolute Gasteiger partial charge is 0.487 e. The number of nitrogens with two attached hydrogens (primary N) is 1. The Morgan fingerprint density at radius 1 is 1.62 bits per heavy atom. The Labute approximate surface area is 101 Å². The van der Waals surface area contributed by atoms with Crippen molar-refractivity contribution in [2.45, 2.75) is 20.0 Å². The third-order valence-electron chi connectivity index (χ3n) is 2.61. The molecule has 0 amide bonds. The fourth-order valence-corrected chi connectivity index (χ4v) is 2.13. The first-order chi connectivity index (χ1) is 7.56. The van der Waals surface area contributed by atoms with E-state index in [2.05, 4.69) is 30.9 Å².